The fourth-order valence-electron chi connectivity index (χ4n) is 3.27. The van der Waals surface area contributed by atoms with Crippen molar-refractivity contribution in [3.63, 3.8) is 0 Å². The molecule has 3 heteroatoms. The first kappa shape index (κ1) is 15.5. The Bertz CT molecular complexity index is 1170. The minimum absolute atomic E-state index is 1.09. The molecule has 0 saturated heterocycles. The van der Waals surface area contributed by atoms with Gasteiger partial charge >= 0.3 is 0 Å². The van der Waals surface area contributed by atoms with Gasteiger partial charge in [0.1, 0.15) is 0 Å². The highest BCUT2D eigenvalue weighted by Crippen LogP contribution is 2.46. The van der Waals surface area contributed by atoms with Crippen LogP contribution in [0.3, 0.4) is 0 Å². The normalized spacial score (nSPS) is 11.1. The molecule has 1 nitrogen and oxygen atoms in total. The summed E-state index contributed by atoms with van der Waals surface area (Å²) in [5.41, 5.74) is 5.53. The van der Waals surface area contributed by atoms with Crippen LogP contribution in [-0.4, -0.2) is 4.98 Å². The predicted octanol–water partition coefficient (Wildman–Crippen LogP) is 7.36. The monoisotopic (exact) mass is 369 g/mol. The Balaban J connectivity index is 1.76. The molecule has 124 valence electrons. The number of aromatic nitrogens is 1. The third-order valence-corrected chi connectivity index (χ3v) is 6.63. The molecule has 0 atom stereocenters. The van der Waals surface area contributed by atoms with Gasteiger partial charge in [0.15, 0.2) is 0 Å². The van der Waals surface area contributed by atoms with Crippen molar-refractivity contribution in [1.29, 1.82) is 0 Å². The van der Waals surface area contributed by atoms with Crippen LogP contribution in [0.1, 0.15) is 0 Å². The number of benzene rings is 3. The van der Waals surface area contributed by atoms with Crippen LogP contribution in [0.4, 0.5) is 0 Å². The van der Waals surface area contributed by atoms with Crippen LogP contribution in [0.2, 0.25) is 0 Å². The van der Waals surface area contributed by atoms with E-state index in [0.717, 1.165) is 5.69 Å². The Morgan fingerprint density at radius 2 is 1.08 bits per heavy atom. The molecule has 26 heavy (non-hydrogen) atoms. The zero-order chi connectivity index (χ0) is 17.3. The van der Waals surface area contributed by atoms with Gasteiger partial charge in [0, 0.05) is 15.6 Å². The van der Waals surface area contributed by atoms with Gasteiger partial charge in [-0.1, -0.05) is 84.9 Å². The molecule has 0 spiro atoms. The highest BCUT2D eigenvalue weighted by molar-refractivity contribution is 7.21. The van der Waals surface area contributed by atoms with Crippen molar-refractivity contribution in [3.8, 4) is 31.5 Å². The summed E-state index contributed by atoms with van der Waals surface area (Å²) in [6.45, 7) is 0. The van der Waals surface area contributed by atoms with E-state index in [1.165, 1.54) is 36.5 Å². The van der Waals surface area contributed by atoms with Gasteiger partial charge in [0.25, 0.3) is 0 Å². The van der Waals surface area contributed by atoms with Crippen LogP contribution in [0.25, 0.3) is 42.2 Å². The molecule has 0 aliphatic carbocycles. The van der Waals surface area contributed by atoms with Gasteiger partial charge < -0.3 is 0 Å². The third kappa shape index (κ3) is 2.57. The molecule has 0 amide bonds. The lowest BCUT2D eigenvalue weighted by Crippen LogP contribution is -1.79. The van der Waals surface area contributed by atoms with Crippen LogP contribution in [0, 0.1) is 0 Å². The molecular weight excluding hydrogens is 354 g/mol. The van der Waals surface area contributed by atoms with E-state index in [-0.39, 0.29) is 0 Å². The van der Waals surface area contributed by atoms with E-state index in [4.69, 9.17) is 4.98 Å². The first-order valence-electron chi connectivity index (χ1n) is 8.48. The first-order valence-corrected chi connectivity index (χ1v) is 10.2. The Labute approximate surface area is 160 Å². The standard InChI is InChI=1S/C23H15NS2/c1-3-9-16(10-4-1)21-18-13-7-8-14-19(18)23(26-21)20-22(25-15-24-20)17-11-5-2-6-12-17/h1-15H. The summed E-state index contributed by atoms with van der Waals surface area (Å²) in [5, 5.41) is 2.57. The average molecular weight is 370 g/mol. The Kier molecular flexibility index (Phi) is 3.89. The van der Waals surface area contributed by atoms with Gasteiger partial charge in [-0.2, -0.15) is 0 Å². The SMILES string of the molecule is c1ccc(-c2scnc2-c2sc(-c3ccccc3)c3ccccc23)cc1. The number of thiophene rings is 1. The summed E-state index contributed by atoms with van der Waals surface area (Å²) in [6, 6.07) is 29.8. The minimum atomic E-state index is 1.09. The van der Waals surface area contributed by atoms with Crippen molar-refractivity contribution in [2.45, 2.75) is 0 Å². The van der Waals surface area contributed by atoms with Gasteiger partial charge in [-0.05, 0) is 11.1 Å². The predicted molar refractivity (Wildman–Crippen MR) is 114 cm³/mol. The Morgan fingerprint density at radius 1 is 0.538 bits per heavy atom. The van der Waals surface area contributed by atoms with E-state index < -0.39 is 0 Å². The van der Waals surface area contributed by atoms with Gasteiger partial charge in [-0.15, -0.1) is 22.7 Å². The van der Waals surface area contributed by atoms with Crippen LogP contribution >= 0.6 is 22.7 Å². The van der Waals surface area contributed by atoms with E-state index in [9.17, 15) is 0 Å². The molecule has 0 radical (unpaired) electrons. The molecule has 0 saturated carbocycles. The molecule has 0 aliphatic rings. The molecule has 3 aromatic carbocycles. The van der Waals surface area contributed by atoms with E-state index >= 15 is 0 Å². The maximum Gasteiger partial charge on any atom is 0.0996 e. The van der Waals surface area contributed by atoms with Crippen LogP contribution in [-0.2, 0) is 0 Å². The third-order valence-electron chi connectivity index (χ3n) is 4.47. The molecule has 2 heterocycles. The molecule has 5 aromatic rings. The number of nitrogens with zero attached hydrogens (tertiary/aromatic N) is 1. The average Bonchev–Trinajstić information content (AvgIpc) is 3.34. The summed E-state index contributed by atoms with van der Waals surface area (Å²) in [7, 11) is 0. The number of hydrogen-bond donors (Lipinski definition) is 0. The fourth-order valence-corrected chi connectivity index (χ4v) is 5.43. The molecule has 0 bridgehead atoms. The summed E-state index contributed by atoms with van der Waals surface area (Å²) in [4.78, 5) is 8.54. The largest absolute Gasteiger partial charge is 0.243 e. The zero-order valence-electron chi connectivity index (χ0n) is 13.9. The highest BCUT2D eigenvalue weighted by atomic mass is 32.1. The molecule has 2 aromatic heterocycles. The zero-order valence-corrected chi connectivity index (χ0v) is 15.6. The second-order valence-corrected chi connectivity index (χ2v) is 7.94. The number of rotatable bonds is 3. The Morgan fingerprint density at radius 3 is 1.73 bits per heavy atom. The van der Waals surface area contributed by atoms with Crippen LogP contribution in [0.15, 0.2) is 90.4 Å². The van der Waals surface area contributed by atoms with Gasteiger partial charge in [0.2, 0.25) is 0 Å². The van der Waals surface area contributed by atoms with Crippen molar-refractivity contribution in [2.24, 2.45) is 0 Å². The van der Waals surface area contributed by atoms with Gasteiger partial charge in [-0.3, -0.25) is 0 Å². The second kappa shape index (κ2) is 6.52. The fraction of sp³-hybridized carbons (Fsp3) is 0. The van der Waals surface area contributed by atoms with E-state index in [1.54, 1.807) is 11.3 Å². The van der Waals surface area contributed by atoms with Crippen LogP contribution < -0.4 is 0 Å². The molecule has 0 aliphatic heterocycles. The maximum absolute atomic E-state index is 4.75. The number of fused-ring (bicyclic) bond motifs is 1. The number of hydrogen-bond acceptors (Lipinski definition) is 3. The molecule has 0 N–H and O–H groups in total. The first-order chi connectivity index (χ1) is 12.9. The second-order valence-electron chi connectivity index (χ2n) is 6.07. The lowest BCUT2D eigenvalue weighted by atomic mass is 10.1. The molecule has 0 fully saturated rings. The van der Waals surface area contributed by atoms with E-state index in [1.807, 2.05) is 16.8 Å². The van der Waals surface area contributed by atoms with Crippen molar-refractivity contribution < 1.29 is 0 Å². The highest BCUT2D eigenvalue weighted by Gasteiger charge is 2.18. The minimum Gasteiger partial charge on any atom is -0.243 e. The Hall–Kier alpha value is -2.75. The topological polar surface area (TPSA) is 12.9 Å². The maximum atomic E-state index is 4.75. The van der Waals surface area contributed by atoms with Crippen molar-refractivity contribution >= 4 is 33.4 Å². The molecular formula is C23H15NS2. The lowest BCUT2D eigenvalue weighted by Gasteiger charge is -2.01. The lowest BCUT2D eigenvalue weighted by molar-refractivity contribution is 1.43. The van der Waals surface area contributed by atoms with Crippen LogP contribution in [0.5, 0.6) is 0 Å². The smallest absolute Gasteiger partial charge is 0.0996 e. The van der Waals surface area contributed by atoms with Gasteiger partial charge in [0.05, 0.1) is 21.0 Å². The number of thiazole rings is 1. The quantitative estimate of drug-likeness (QED) is 0.324. The molecule has 0 unspecified atom stereocenters. The van der Waals surface area contributed by atoms with E-state index in [0.29, 0.717) is 0 Å². The van der Waals surface area contributed by atoms with Crippen molar-refractivity contribution in [1.82, 2.24) is 4.98 Å². The van der Waals surface area contributed by atoms with Crippen molar-refractivity contribution in [2.75, 3.05) is 0 Å². The summed E-state index contributed by atoms with van der Waals surface area (Å²) in [6.07, 6.45) is 0. The summed E-state index contributed by atoms with van der Waals surface area (Å²) >= 11 is 3.54. The molecule has 5 rings (SSSR count). The van der Waals surface area contributed by atoms with E-state index in [2.05, 4.69) is 84.9 Å². The van der Waals surface area contributed by atoms with Crippen molar-refractivity contribution in [3.05, 3.63) is 90.4 Å². The summed E-state index contributed by atoms with van der Waals surface area (Å²) < 4.78 is 0. The summed E-state index contributed by atoms with van der Waals surface area (Å²) in [5.74, 6) is 0. The van der Waals surface area contributed by atoms with Gasteiger partial charge in [-0.25, -0.2) is 4.98 Å².